The molecule has 2 fully saturated rings. The maximum atomic E-state index is 12.9. The van der Waals surface area contributed by atoms with Crippen LogP contribution in [-0.4, -0.2) is 117 Å². The summed E-state index contributed by atoms with van der Waals surface area (Å²) in [5.41, 5.74) is 6.18. The summed E-state index contributed by atoms with van der Waals surface area (Å²) in [6.45, 7) is 1.21. The van der Waals surface area contributed by atoms with Gasteiger partial charge in [0.05, 0.1) is 62.1 Å². The number of aromatic nitrogens is 6. The van der Waals surface area contributed by atoms with Crippen LogP contribution in [0.15, 0.2) is 97.8 Å². The lowest BCUT2D eigenvalue weighted by Crippen LogP contribution is -2.38. The van der Waals surface area contributed by atoms with E-state index in [1.54, 1.807) is 24.5 Å². The van der Waals surface area contributed by atoms with Gasteiger partial charge in [-0.15, -0.1) is 35.1 Å². The van der Waals surface area contributed by atoms with Gasteiger partial charge in [0.1, 0.15) is 46.1 Å². The lowest BCUT2D eigenvalue weighted by molar-refractivity contribution is -0.127. The summed E-state index contributed by atoms with van der Waals surface area (Å²) in [6, 6.07) is 26.2. The number of ether oxygens (including phenoxy) is 2. The van der Waals surface area contributed by atoms with E-state index in [2.05, 4.69) is 40.5 Å². The largest absolute Gasteiger partial charge is 0.494 e. The topological polar surface area (TPSA) is 214 Å². The second kappa shape index (κ2) is 25.7. The summed E-state index contributed by atoms with van der Waals surface area (Å²) >= 11 is 2.03. The van der Waals surface area contributed by atoms with Gasteiger partial charge in [0.25, 0.3) is 0 Å². The molecule has 2 aliphatic carbocycles. The van der Waals surface area contributed by atoms with Crippen molar-refractivity contribution in [2.75, 3.05) is 38.1 Å². The van der Waals surface area contributed by atoms with Gasteiger partial charge in [0.2, 0.25) is 0 Å². The molecular formula is C56H55ClF6N12O4S2. The summed E-state index contributed by atoms with van der Waals surface area (Å²) < 4.78 is 88.0. The fourth-order valence-electron chi connectivity index (χ4n) is 10.2. The standard InChI is InChI=1S/2C28H27F3N6O2S.ClH/c2*1-37(26-21-10-20(11-28(29,30)31)40-27(21)36-15-35-26)23-8-19(9-24(23)38)33-13-16-3-5-17(6-4-16)18-7-25(39-2)22(12-32)34-14-18;/h2*3-7,10,14-15,19,23-24,33,38H,8-9,11,13H2,1-2H3;1H/t2*19-,23+,24-;/m11./s1. The monoisotopic (exact) mass is 1170 g/mol. The van der Waals surface area contributed by atoms with E-state index in [-0.39, 0.29) is 57.7 Å². The van der Waals surface area contributed by atoms with E-state index in [0.29, 0.717) is 82.3 Å². The molecule has 0 unspecified atom stereocenters. The van der Waals surface area contributed by atoms with Crippen molar-refractivity contribution in [3.8, 4) is 45.9 Å². The van der Waals surface area contributed by atoms with E-state index >= 15 is 0 Å². The Balaban J connectivity index is 0.000000210. The van der Waals surface area contributed by atoms with Crippen LogP contribution in [0.25, 0.3) is 42.7 Å². The average Bonchev–Trinajstić information content (AvgIpc) is 4.38. The molecule has 424 valence electrons. The average molecular weight is 1170 g/mol. The van der Waals surface area contributed by atoms with Crippen LogP contribution in [0.5, 0.6) is 11.5 Å². The van der Waals surface area contributed by atoms with E-state index in [1.807, 2.05) is 84.6 Å². The first-order valence-electron chi connectivity index (χ1n) is 25.3. The Bertz CT molecular complexity index is 3310. The molecule has 0 spiro atoms. The Kier molecular flexibility index (Phi) is 19.0. The fraction of sp³-hybridized carbons (Fsp3) is 0.357. The van der Waals surface area contributed by atoms with Gasteiger partial charge in [-0.25, -0.2) is 29.9 Å². The first-order valence-corrected chi connectivity index (χ1v) is 26.9. The van der Waals surface area contributed by atoms with Crippen LogP contribution >= 0.6 is 35.1 Å². The number of nitriles is 2. The molecule has 10 rings (SSSR count). The predicted octanol–water partition coefficient (Wildman–Crippen LogP) is 10.1. The highest BCUT2D eigenvalue weighted by atomic mass is 35.5. The number of benzene rings is 2. The zero-order valence-electron chi connectivity index (χ0n) is 44.0. The minimum absolute atomic E-state index is 0. The maximum absolute atomic E-state index is 12.9. The van der Waals surface area contributed by atoms with Crippen molar-refractivity contribution in [1.29, 1.82) is 10.5 Å². The number of aliphatic hydroxyl groups is 2. The molecule has 2 saturated carbocycles. The SMILES string of the molecule is COc1cc(-c2ccc(CN[C@H]3C[C@@H](O)[C@@H](N(C)c4ncnc5sc(CC(F)(F)F)cc45)C3)cc2)cnc1C#N.COc1cc(-c2ccc(CN[C@H]3C[C@@H](O)[C@@H](N(C)c4ncnc5sc(CC(F)(F)F)cc45)C3)cc2)cnc1C#N.Cl. The number of anilines is 2. The van der Waals surface area contributed by atoms with Crippen LogP contribution in [0.2, 0.25) is 0 Å². The second-order valence-electron chi connectivity index (χ2n) is 19.6. The number of aliphatic hydroxyl groups excluding tert-OH is 2. The minimum atomic E-state index is -4.30. The summed E-state index contributed by atoms with van der Waals surface area (Å²) in [4.78, 5) is 30.4. The highest BCUT2D eigenvalue weighted by Crippen LogP contribution is 2.39. The number of likely N-dealkylation sites (N-methyl/N-ethyl adjacent to an activating group) is 2. The van der Waals surface area contributed by atoms with Gasteiger partial charge in [-0.1, -0.05) is 48.5 Å². The van der Waals surface area contributed by atoms with Crippen molar-refractivity contribution in [1.82, 2.24) is 40.5 Å². The molecule has 25 heteroatoms. The van der Waals surface area contributed by atoms with Gasteiger partial charge < -0.3 is 40.1 Å². The lowest BCUT2D eigenvalue weighted by atomic mass is 10.0. The molecular weight excluding hydrogens is 1120 g/mol. The van der Waals surface area contributed by atoms with Crippen molar-refractivity contribution in [2.45, 2.75) is 100 Å². The molecule has 2 aromatic carbocycles. The van der Waals surface area contributed by atoms with Crippen LogP contribution in [0.4, 0.5) is 38.0 Å². The van der Waals surface area contributed by atoms with Gasteiger partial charge in [-0.05, 0) is 72.2 Å². The Labute approximate surface area is 476 Å². The number of rotatable bonds is 16. The van der Waals surface area contributed by atoms with Gasteiger partial charge >= 0.3 is 12.4 Å². The molecule has 4 N–H and O–H groups in total. The quantitative estimate of drug-likeness (QED) is 0.0662. The third-order valence-corrected chi connectivity index (χ3v) is 16.3. The number of hydrogen-bond donors (Lipinski definition) is 4. The molecule has 2 aliphatic rings. The molecule has 16 nitrogen and oxygen atoms in total. The number of thiophene rings is 2. The smallest absolute Gasteiger partial charge is 0.393 e. The maximum Gasteiger partial charge on any atom is 0.393 e. The van der Waals surface area contributed by atoms with Crippen LogP contribution < -0.4 is 29.9 Å². The van der Waals surface area contributed by atoms with Crippen molar-refractivity contribution in [3.63, 3.8) is 0 Å². The Morgan fingerprint density at radius 3 is 1.31 bits per heavy atom. The Hall–Kier alpha value is -7.29. The predicted molar refractivity (Wildman–Crippen MR) is 300 cm³/mol. The van der Waals surface area contributed by atoms with Crippen molar-refractivity contribution >= 4 is 67.1 Å². The third-order valence-electron chi connectivity index (χ3n) is 14.2. The molecule has 0 saturated heterocycles. The molecule has 0 bridgehead atoms. The van der Waals surface area contributed by atoms with E-state index < -0.39 is 37.4 Å². The van der Waals surface area contributed by atoms with Crippen molar-refractivity contribution in [3.05, 3.63) is 130 Å². The number of nitrogens with one attached hydrogen (secondary N) is 2. The van der Waals surface area contributed by atoms with Gasteiger partial charge in [-0.2, -0.15) is 36.9 Å². The molecule has 6 atom stereocenters. The first-order chi connectivity index (χ1) is 38.3. The van der Waals surface area contributed by atoms with E-state index in [0.717, 1.165) is 56.1 Å². The van der Waals surface area contributed by atoms with Gasteiger partial charge in [0, 0.05) is 72.5 Å². The zero-order valence-corrected chi connectivity index (χ0v) is 46.5. The molecule has 0 aliphatic heterocycles. The number of nitrogens with zero attached hydrogens (tertiary/aromatic N) is 10. The number of pyridine rings is 2. The molecule has 0 radical (unpaired) electrons. The first kappa shape index (κ1) is 59.8. The number of methoxy groups -OCH3 is 2. The summed E-state index contributed by atoms with van der Waals surface area (Å²) in [7, 11) is 6.63. The highest BCUT2D eigenvalue weighted by Gasteiger charge is 2.39. The number of hydrogen-bond acceptors (Lipinski definition) is 18. The van der Waals surface area contributed by atoms with Crippen LogP contribution in [-0.2, 0) is 25.9 Å². The fourth-order valence-corrected chi connectivity index (χ4v) is 12.3. The summed E-state index contributed by atoms with van der Waals surface area (Å²) in [5, 5.41) is 48.1. The molecule has 81 heavy (non-hydrogen) atoms. The molecule has 8 aromatic rings. The Morgan fingerprint density at radius 1 is 0.580 bits per heavy atom. The highest BCUT2D eigenvalue weighted by molar-refractivity contribution is 7.19. The van der Waals surface area contributed by atoms with E-state index in [1.165, 1.54) is 39.0 Å². The van der Waals surface area contributed by atoms with E-state index in [9.17, 15) is 36.6 Å². The third kappa shape index (κ3) is 14.4. The minimum Gasteiger partial charge on any atom is -0.494 e. The Morgan fingerprint density at radius 2 is 0.963 bits per heavy atom. The molecule has 6 aromatic heterocycles. The van der Waals surface area contributed by atoms with Crippen molar-refractivity contribution in [2.24, 2.45) is 0 Å². The van der Waals surface area contributed by atoms with E-state index in [4.69, 9.17) is 20.0 Å². The van der Waals surface area contributed by atoms with Crippen LogP contribution in [0.1, 0.15) is 58.0 Å². The number of fused-ring (bicyclic) bond motifs is 2. The zero-order chi connectivity index (χ0) is 56.9. The summed E-state index contributed by atoms with van der Waals surface area (Å²) in [6.07, 6.45) is -3.47. The number of halogens is 7. The van der Waals surface area contributed by atoms with Crippen molar-refractivity contribution < 1.29 is 46.0 Å². The lowest BCUT2D eigenvalue weighted by Gasteiger charge is -2.28. The normalized spacial score (nSPS) is 18.8. The van der Waals surface area contributed by atoms with Crippen LogP contribution in [0, 0.1) is 22.7 Å². The number of alkyl halides is 6. The molecule has 6 heterocycles. The van der Waals surface area contributed by atoms with Gasteiger partial charge in [0.15, 0.2) is 22.9 Å². The molecule has 0 amide bonds. The second-order valence-corrected chi connectivity index (χ2v) is 21.8. The van der Waals surface area contributed by atoms with Crippen LogP contribution in [0.3, 0.4) is 0 Å². The van der Waals surface area contributed by atoms with Gasteiger partial charge in [-0.3, -0.25) is 0 Å². The summed E-state index contributed by atoms with van der Waals surface area (Å²) in [5.74, 6) is 1.88.